The number of amides is 3. The largest absolute Gasteiger partial charge is 0.342 e. The van der Waals surface area contributed by atoms with E-state index in [-0.39, 0.29) is 23.9 Å². The van der Waals surface area contributed by atoms with Crippen LogP contribution in [0.2, 0.25) is 0 Å². The number of anilines is 1. The van der Waals surface area contributed by atoms with Crippen LogP contribution in [0.4, 0.5) is 10.5 Å². The smallest absolute Gasteiger partial charge is 0.319 e. The minimum Gasteiger partial charge on any atom is -0.342 e. The first-order chi connectivity index (χ1) is 13.9. The SMILES string of the molecule is CCC(C)Sc1ccc(NC(=O)NC2CCN(C(=O)C(CC)CC)CC2)c(C)c1. The highest BCUT2D eigenvalue weighted by Crippen LogP contribution is 2.28. The van der Waals surface area contributed by atoms with Crippen molar-refractivity contribution in [2.24, 2.45) is 5.92 Å². The molecule has 1 fully saturated rings. The van der Waals surface area contributed by atoms with Gasteiger partial charge in [0.1, 0.15) is 0 Å². The molecule has 1 aromatic carbocycles. The first-order valence-electron chi connectivity index (χ1n) is 11.0. The van der Waals surface area contributed by atoms with E-state index in [0.29, 0.717) is 5.25 Å². The van der Waals surface area contributed by atoms with E-state index >= 15 is 0 Å². The molecule has 0 radical (unpaired) electrons. The number of benzene rings is 1. The molecular formula is C23H37N3O2S. The summed E-state index contributed by atoms with van der Waals surface area (Å²) >= 11 is 1.86. The number of carbonyl (C=O) groups is 2. The fraction of sp³-hybridized carbons (Fsp3) is 0.652. The van der Waals surface area contributed by atoms with Gasteiger partial charge in [0.15, 0.2) is 0 Å². The average Bonchev–Trinajstić information content (AvgIpc) is 2.71. The summed E-state index contributed by atoms with van der Waals surface area (Å²) in [7, 11) is 0. The summed E-state index contributed by atoms with van der Waals surface area (Å²) in [5, 5.41) is 6.64. The Morgan fingerprint density at radius 1 is 1.14 bits per heavy atom. The molecule has 1 unspecified atom stereocenters. The van der Waals surface area contributed by atoms with Gasteiger partial charge < -0.3 is 15.5 Å². The molecule has 6 heteroatoms. The zero-order valence-electron chi connectivity index (χ0n) is 18.6. The summed E-state index contributed by atoms with van der Waals surface area (Å²) in [6.45, 7) is 12.0. The van der Waals surface area contributed by atoms with E-state index in [2.05, 4.69) is 50.5 Å². The number of rotatable bonds is 8. The van der Waals surface area contributed by atoms with E-state index in [9.17, 15) is 9.59 Å². The molecule has 0 aromatic heterocycles. The maximum absolute atomic E-state index is 12.5. The van der Waals surface area contributed by atoms with Crippen molar-refractivity contribution in [2.45, 2.75) is 82.9 Å². The van der Waals surface area contributed by atoms with Gasteiger partial charge >= 0.3 is 6.03 Å². The molecule has 1 aliphatic rings. The predicted octanol–water partition coefficient (Wildman–Crippen LogP) is 5.43. The van der Waals surface area contributed by atoms with Crippen LogP contribution in [0.5, 0.6) is 0 Å². The van der Waals surface area contributed by atoms with Gasteiger partial charge in [-0.25, -0.2) is 4.79 Å². The van der Waals surface area contributed by atoms with E-state index in [1.807, 2.05) is 29.7 Å². The molecule has 2 N–H and O–H groups in total. The van der Waals surface area contributed by atoms with Crippen LogP contribution in [0.25, 0.3) is 0 Å². The van der Waals surface area contributed by atoms with Crippen molar-refractivity contribution >= 4 is 29.4 Å². The van der Waals surface area contributed by atoms with Gasteiger partial charge in [0.05, 0.1) is 0 Å². The predicted molar refractivity (Wildman–Crippen MR) is 123 cm³/mol. The monoisotopic (exact) mass is 419 g/mol. The Labute approximate surface area is 180 Å². The Hall–Kier alpha value is -1.69. The first kappa shape index (κ1) is 23.6. The maximum atomic E-state index is 12.5. The minimum absolute atomic E-state index is 0.112. The van der Waals surface area contributed by atoms with Gasteiger partial charge in [-0.2, -0.15) is 0 Å². The second-order valence-corrected chi connectivity index (χ2v) is 9.54. The molecule has 0 bridgehead atoms. The molecule has 29 heavy (non-hydrogen) atoms. The Morgan fingerprint density at radius 3 is 2.34 bits per heavy atom. The van der Waals surface area contributed by atoms with Crippen molar-refractivity contribution in [3.05, 3.63) is 23.8 Å². The van der Waals surface area contributed by atoms with Crippen LogP contribution < -0.4 is 10.6 Å². The topological polar surface area (TPSA) is 61.4 Å². The molecule has 162 valence electrons. The fourth-order valence-corrected chi connectivity index (χ4v) is 4.67. The number of likely N-dealkylation sites (tertiary alicyclic amines) is 1. The first-order valence-corrected chi connectivity index (χ1v) is 11.9. The van der Waals surface area contributed by atoms with Crippen LogP contribution >= 0.6 is 11.8 Å². The molecule has 0 spiro atoms. The third-order valence-corrected chi connectivity index (χ3v) is 7.10. The van der Waals surface area contributed by atoms with Crippen LogP contribution in [0.15, 0.2) is 23.1 Å². The molecule has 1 atom stereocenters. The third kappa shape index (κ3) is 6.95. The summed E-state index contributed by atoms with van der Waals surface area (Å²) < 4.78 is 0. The Balaban J connectivity index is 1.82. The number of nitrogens with zero attached hydrogens (tertiary/aromatic N) is 1. The minimum atomic E-state index is -0.166. The van der Waals surface area contributed by atoms with Crippen molar-refractivity contribution in [1.29, 1.82) is 0 Å². The number of hydrogen-bond donors (Lipinski definition) is 2. The number of thioether (sulfide) groups is 1. The van der Waals surface area contributed by atoms with Crippen molar-refractivity contribution in [1.82, 2.24) is 10.2 Å². The normalized spacial score (nSPS) is 16.0. The Bertz CT molecular complexity index is 683. The van der Waals surface area contributed by atoms with Gasteiger partial charge in [-0.1, -0.05) is 27.7 Å². The van der Waals surface area contributed by atoms with Gasteiger partial charge in [-0.05, 0) is 62.8 Å². The van der Waals surface area contributed by atoms with Crippen molar-refractivity contribution in [3.8, 4) is 0 Å². The number of piperidine rings is 1. The lowest BCUT2D eigenvalue weighted by Crippen LogP contribution is -2.48. The lowest BCUT2D eigenvalue weighted by Gasteiger charge is -2.34. The summed E-state index contributed by atoms with van der Waals surface area (Å²) in [6.07, 6.45) is 4.54. The van der Waals surface area contributed by atoms with Crippen LogP contribution in [-0.4, -0.2) is 41.2 Å². The highest BCUT2D eigenvalue weighted by atomic mass is 32.2. The second kappa shape index (κ2) is 11.5. The molecule has 1 aromatic rings. The lowest BCUT2D eigenvalue weighted by molar-refractivity contribution is -0.136. The number of nitrogens with one attached hydrogen (secondary N) is 2. The molecular weight excluding hydrogens is 382 g/mol. The van der Waals surface area contributed by atoms with Gasteiger partial charge in [0.2, 0.25) is 5.91 Å². The second-order valence-electron chi connectivity index (χ2n) is 8.02. The summed E-state index contributed by atoms with van der Waals surface area (Å²) in [4.78, 5) is 28.2. The molecule has 0 saturated carbocycles. The molecule has 2 rings (SSSR count). The molecule has 1 aliphatic heterocycles. The molecule has 5 nitrogen and oxygen atoms in total. The van der Waals surface area contributed by atoms with Crippen LogP contribution in [-0.2, 0) is 4.79 Å². The number of hydrogen-bond acceptors (Lipinski definition) is 3. The van der Waals surface area contributed by atoms with Gasteiger partial charge in [-0.3, -0.25) is 4.79 Å². The lowest BCUT2D eigenvalue weighted by atomic mass is 9.98. The Morgan fingerprint density at radius 2 is 1.79 bits per heavy atom. The highest BCUT2D eigenvalue weighted by Gasteiger charge is 2.27. The average molecular weight is 420 g/mol. The van der Waals surface area contributed by atoms with Gasteiger partial charge in [0.25, 0.3) is 0 Å². The van der Waals surface area contributed by atoms with Crippen LogP contribution in [0.3, 0.4) is 0 Å². The van der Waals surface area contributed by atoms with Crippen molar-refractivity contribution in [2.75, 3.05) is 18.4 Å². The molecule has 1 heterocycles. The van der Waals surface area contributed by atoms with Gasteiger partial charge in [0, 0.05) is 40.9 Å². The molecule has 1 saturated heterocycles. The zero-order valence-corrected chi connectivity index (χ0v) is 19.4. The Kier molecular flexibility index (Phi) is 9.34. The standard InChI is InChI=1S/C23H37N3O2S/c1-6-17(5)29-20-9-10-21(16(4)15-20)25-23(28)24-19-11-13-26(14-12-19)22(27)18(7-2)8-3/h9-10,15,17-19H,6-8,11-14H2,1-5H3,(H2,24,25,28). The van der Waals surface area contributed by atoms with E-state index in [1.165, 1.54) is 4.90 Å². The fourth-order valence-electron chi connectivity index (χ4n) is 3.65. The van der Waals surface area contributed by atoms with Crippen LogP contribution in [0, 0.1) is 12.8 Å². The number of carbonyl (C=O) groups excluding carboxylic acids is 2. The van der Waals surface area contributed by atoms with Crippen LogP contribution in [0.1, 0.15) is 65.4 Å². The third-order valence-electron chi connectivity index (χ3n) is 5.83. The van der Waals surface area contributed by atoms with Crippen molar-refractivity contribution in [3.63, 3.8) is 0 Å². The number of urea groups is 1. The summed E-state index contributed by atoms with van der Waals surface area (Å²) in [5.41, 5.74) is 1.91. The summed E-state index contributed by atoms with van der Waals surface area (Å²) in [6, 6.07) is 6.13. The van der Waals surface area contributed by atoms with E-state index < -0.39 is 0 Å². The van der Waals surface area contributed by atoms with Crippen molar-refractivity contribution < 1.29 is 9.59 Å². The quantitative estimate of drug-likeness (QED) is 0.552. The molecule has 0 aliphatic carbocycles. The molecule has 3 amide bonds. The highest BCUT2D eigenvalue weighted by molar-refractivity contribution is 7.99. The van der Waals surface area contributed by atoms with E-state index in [4.69, 9.17) is 0 Å². The summed E-state index contributed by atoms with van der Waals surface area (Å²) in [5.74, 6) is 0.399. The maximum Gasteiger partial charge on any atom is 0.319 e. The number of aryl methyl sites for hydroxylation is 1. The van der Waals surface area contributed by atoms with Gasteiger partial charge in [-0.15, -0.1) is 11.8 Å². The van der Waals surface area contributed by atoms with E-state index in [0.717, 1.165) is 56.4 Å². The zero-order chi connectivity index (χ0) is 21.4. The van der Waals surface area contributed by atoms with E-state index in [1.54, 1.807) is 0 Å².